The van der Waals surface area contributed by atoms with Crippen molar-refractivity contribution in [1.29, 1.82) is 0 Å². The van der Waals surface area contributed by atoms with Crippen molar-refractivity contribution in [3.8, 4) is 5.69 Å². The van der Waals surface area contributed by atoms with Crippen LogP contribution in [0.5, 0.6) is 0 Å². The molecular formula is C24H20ClN3O2S. The first-order chi connectivity index (χ1) is 14.9. The average molecular weight is 450 g/mol. The minimum atomic E-state index is -0.519. The maximum absolute atomic E-state index is 13.4. The van der Waals surface area contributed by atoms with E-state index >= 15 is 0 Å². The van der Waals surface area contributed by atoms with Gasteiger partial charge in [0.25, 0.3) is 11.8 Å². The number of aromatic nitrogens is 1. The highest BCUT2D eigenvalue weighted by molar-refractivity contribution is 7.80. The molecule has 0 unspecified atom stereocenters. The number of carbonyl (C=O) groups is 2. The number of aryl methyl sites for hydroxylation is 2. The molecule has 31 heavy (non-hydrogen) atoms. The average Bonchev–Trinajstić information content (AvgIpc) is 3.21. The number of nitrogens with zero attached hydrogens (tertiary/aromatic N) is 2. The first-order valence-electron chi connectivity index (χ1n) is 9.84. The van der Waals surface area contributed by atoms with Crippen LogP contribution in [-0.2, 0) is 16.0 Å². The van der Waals surface area contributed by atoms with Crippen LogP contribution in [0.2, 0.25) is 5.02 Å². The second-order valence-electron chi connectivity index (χ2n) is 7.18. The van der Waals surface area contributed by atoms with E-state index in [0.717, 1.165) is 23.2 Å². The molecule has 1 fully saturated rings. The van der Waals surface area contributed by atoms with E-state index in [1.165, 1.54) is 4.90 Å². The standard InChI is InChI=1S/C24H20ClN3O2S/c1-3-16-7-4-5-9-21(16)28-23(30)19(22(29)26-24(28)31)13-17-8-6-12-27(17)18-11-10-15(2)20(25)14-18/h4-14H,3H2,1-2H3,(H,26,29,31)/b19-13+. The van der Waals surface area contributed by atoms with Crippen molar-refractivity contribution in [3.05, 3.63) is 88.2 Å². The summed E-state index contributed by atoms with van der Waals surface area (Å²) in [6.07, 6.45) is 4.16. The van der Waals surface area contributed by atoms with Crippen LogP contribution in [0, 0.1) is 6.92 Å². The number of benzene rings is 2. The van der Waals surface area contributed by atoms with Gasteiger partial charge in [0, 0.05) is 22.6 Å². The minimum absolute atomic E-state index is 0.0117. The van der Waals surface area contributed by atoms with Gasteiger partial charge in [-0.15, -0.1) is 0 Å². The van der Waals surface area contributed by atoms with E-state index < -0.39 is 11.8 Å². The maximum atomic E-state index is 13.4. The van der Waals surface area contributed by atoms with Crippen LogP contribution in [0.3, 0.4) is 0 Å². The molecule has 0 atom stereocenters. The van der Waals surface area contributed by atoms with Crippen LogP contribution < -0.4 is 10.2 Å². The third-order valence-corrected chi connectivity index (χ3v) is 5.91. The number of para-hydroxylation sites is 1. The smallest absolute Gasteiger partial charge is 0.270 e. The van der Waals surface area contributed by atoms with Gasteiger partial charge in [-0.2, -0.15) is 0 Å². The number of halogens is 1. The van der Waals surface area contributed by atoms with Crippen molar-refractivity contribution < 1.29 is 9.59 Å². The van der Waals surface area contributed by atoms with E-state index in [1.807, 2.05) is 79.2 Å². The molecule has 4 rings (SSSR count). The molecule has 2 heterocycles. The number of hydrogen-bond donors (Lipinski definition) is 1. The molecule has 156 valence electrons. The van der Waals surface area contributed by atoms with Gasteiger partial charge in [-0.05, 0) is 73.1 Å². The molecule has 2 amide bonds. The summed E-state index contributed by atoms with van der Waals surface area (Å²) in [5, 5.41) is 3.37. The monoisotopic (exact) mass is 449 g/mol. The zero-order valence-electron chi connectivity index (χ0n) is 17.1. The fourth-order valence-corrected chi connectivity index (χ4v) is 3.98. The second kappa shape index (κ2) is 8.49. The van der Waals surface area contributed by atoms with E-state index in [-0.39, 0.29) is 10.7 Å². The van der Waals surface area contributed by atoms with Crippen LogP contribution in [0.4, 0.5) is 5.69 Å². The lowest BCUT2D eigenvalue weighted by Gasteiger charge is -2.30. The van der Waals surface area contributed by atoms with E-state index in [2.05, 4.69) is 5.32 Å². The van der Waals surface area contributed by atoms with E-state index in [1.54, 1.807) is 6.08 Å². The molecule has 1 aliphatic heterocycles. The van der Waals surface area contributed by atoms with Gasteiger partial charge in [0.2, 0.25) is 0 Å². The van der Waals surface area contributed by atoms with Gasteiger partial charge < -0.3 is 4.57 Å². The van der Waals surface area contributed by atoms with E-state index in [0.29, 0.717) is 16.4 Å². The van der Waals surface area contributed by atoms with Crippen molar-refractivity contribution in [2.75, 3.05) is 4.90 Å². The molecule has 1 saturated heterocycles. The Morgan fingerprint density at radius 2 is 1.87 bits per heavy atom. The molecule has 5 nitrogen and oxygen atoms in total. The first-order valence-corrected chi connectivity index (χ1v) is 10.6. The van der Waals surface area contributed by atoms with Crippen molar-refractivity contribution in [1.82, 2.24) is 9.88 Å². The Morgan fingerprint density at radius 3 is 2.61 bits per heavy atom. The summed E-state index contributed by atoms with van der Waals surface area (Å²) in [6, 6.07) is 16.9. The molecule has 0 bridgehead atoms. The number of amides is 2. The lowest BCUT2D eigenvalue weighted by atomic mass is 10.1. The Hall–Kier alpha value is -3.22. The number of rotatable bonds is 4. The number of anilines is 1. The van der Waals surface area contributed by atoms with Crippen LogP contribution in [0.15, 0.2) is 66.4 Å². The zero-order valence-corrected chi connectivity index (χ0v) is 18.6. The normalized spacial score (nSPS) is 15.5. The molecule has 2 aromatic carbocycles. The maximum Gasteiger partial charge on any atom is 0.270 e. The number of nitrogens with one attached hydrogen (secondary N) is 1. The Kier molecular flexibility index (Phi) is 5.76. The molecular weight excluding hydrogens is 430 g/mol. The summed E-state index contributed by atoms with van der Waals surface area (Å²) in [6.45, 7) is 3.94. The lowest BCUT2D eigenvalue weighted by molar-refractivity contribution is -0.122. The van der Waals surface area contributed by atoms with E-state index in [4.69, 9.17) is 23.8 Å². The van der Waals surface area contributed by atoms with Gasteiger partial charge in [0.05, 0.1) is 5.69 Å². The highest BCUT2D eigenvalue weighted by Gasteiger charge is 2.35. The van der Waals surface area contributed by atoms with Gasteiger partial charge in [-0.3, -0.25) is 19.8 Å². The molecule has 7 heteroatoms. The molecule has 0 aliphatic carbocycles. The Labute approximate surface area is 190 Å². The Bertz CT molecular complexity index is 1250. The number of carbonyl (C=O) groups excluding carboxylic acids is 2. The first kappa shape index (κ1) is 21.0. The SMILES string of the molecule is CCc1ccccc1N1C(=O)/C(=C/c2cccn2-c2ccc(C)c(Cl)c2)C(=O)NC1=S. The van der Waals surface area contributed by atoms with Gasteiger partial charge in [-0.25, -0.2) is 0 Å². The highest BCUT2D eigenvalue weighted by Crippen LogP contribution is 2.27. The van der Waals surface area contributed by atoms with E-state index in [9.17, 15) is 9.59 Å². The summed E-state index contributed by atoms with van der Waals surface area (Å²) < 4.78 is 1.87. The number of hydrogen-bond acceptors (Lipinski definition) is 3. The summed E-state index contributed by atoms with van der Waals surface area (Å²) in [5.41, 5.74) is 4.13. The quantitative estimate of drug-likeness (QED) is 0.352. The topological polar surface area (TPSA) is 54.3 Å². The van der Waals surface area contributed by atoms with Crippen LogP contribution in [0.25, 0.3) is 11.8 Å². The summed E-state index contributed by atoms with van der Waals surface area (Å²) in [4.78, 5) is 27.4. The molecule has 1 N–H and O–H groups in total. The summed E-state index contributed by atoms with van der Waals surface area (Å²) in [7, 11) is 0. The summed E-state index contributed by atoms with van der Waals surface area (Å²) in [5.74, 6) is -0.973. The third kappa shape index (κ3) is 3.92. The van der Waals surface area contributed by atoms with Crippen LogP contribution in [-0.4, -0.2) is 21.5 Å². The molecule has 3 aromatic rings. The Balaban J connectivity index is 1.77. The summed E-state index contributed by atoms with van der Waals surface area (Å²) >= 11 is 11.6. The van der Waals surface area contributed by atoms with Crippen molar-refractivity contribution in [2.45, 2.75) is 20.3 Å². The zero-order chi connectivity index (χ0) is 22.1. The minimum Gasteiger partial charge on any atom is -0.317 e. The lowest BCUT2D eigenvalue weighted by Crippen LogP contribution is -2.54. The van der Waals surface area contributed by atoms with Crippen LogP contribution in [0.1, 0.15) is 23.7 Å². The van der Waals surface area contributed by atoms with Gasteiger partial charge in [-0.1, -0.05) is 42.8 Å². The van der Waals surface area contributed by atoms with Crippen molar-refractivity contribution >= 4 is 52.5 Å². The molecule has 0 radical (unpaired) electrons. The largest absolute Gasteiger partial charge is 0.317 e. The highest BCUT2D eigenvalue weighted by atomic mass is 35.5. The van der Waals surface area contributed by atoms with Crippen molar-refractivity contribution in [3.63, 3.8) is 0 Å². The van der Waals surface area contributed by atoms with Gasteiger partial charge in [0.15, 0.2) is 5.11 Å². The Morgan fingerprint density at radius 1 is 1.10 bits per heavy atom. The molecule has 0 spiro atoms. The molecule has 0 saturated carbocycles. The molecule has 1 aliphatic rings. The predicted molar refractivity (Wildman–Crippen MR) is 128 cm³/mol. The van der Waals surface area contributed by atoms with Crippen LogP contribution >= 0.6 is 23.8 Å². The van der Waals surface area contributed by atoms with Crippen molar-refractivity contribution in [2.24, 2.45) is 0 Å². The predicted octanol–water partition coefficient (Wildman–Crippen LogP) is 4.83. The number of thiocarbonyl (C=S) groups is 1. The fourth-order valence-electron chi connectivity index (χ4n) is 3.53. The van der Waals surface area contributed by atoms with Gasteiger partial charge >= 0.3 is 0 Å². The van der Waals surface area contributed by atoms with Gasteiger partial charge in [0.1, 0.15) is 5.57 Å². The second-order valence-corrected chi connectivity index (χ2v) is 7.97. The molecule has 1 aromatic heterocycles. The fraction of sp³-hybridized carbons (Fsp3) is 0.125. The third-order valence-electron chi connectivity index (χ3n) is 5.22.